The topological polar surface area (TPSA) is 70.8 Å². The molecule has 6 nitrogen and oxygen atoms in total. The molecule has 0 saturated carbocycles. The summed E-state index contributed by atoms with van der Waals surface area (Å²) in [5.41, 5.74) is 2.78. The van der Waals surface area contributed by atoms with Crippen molar-refractivity contribution in [1.82, 2.24) is 14.7 Å². The lowest BCUT2D eigenvalue weighted by Gasteiger charge is -2.39. The summed E-state index contributed by atoms with van der Waals surface area (Å²) in [5, 5.41) is 24.6. The van der Waals surface area contributed by atoms with Crippen molar-refractivity contribution in [1.29, 1.82) is 0 Å². The maximum Gasteiger partial charge on any atom is 0.387 e. The average Bonchev–Trinajstić information content (AvgIpc) is 3.22. The van der Waals surface area contributed by atoms with Crippen LogP contribution in [0.5, 0.6) is 5.75 Å². The molecule has 1 aromatic heterocycles. The molecule has 0 spiro atoms. The summed E-state index contributed by atoms with van der Waals surface area (Å²) in [4.78, 5) is 2.11. The SMILES string of the molecule is Cn1nc(-c2ccc(CN3CCC[C@H]([C@](C)(O)CO)C3)c(OC(F)F)c2)cc1-c1ccccc1. The van der Waals surface area contributed by atoms with Gasteiger partial charge in [0.05, 0.1) is 23.6 Å². The first-order valence-corrected chi connectivity index (χ1v) is 11.5. The van der Waals surface area contributed by atoms with E-state index in [1.54, 1.807) is 23.7 Å². The molecule has 8 heteroatoms. The first-order valence-electron chi connectivity index (χ1n) is 11.5. The van der Waals surface area contributed by atoms with Crippen LogP contribution < -0.4 is 4.74 Å². The molecule has 0 bridgehead atoms. The summed E-state index contributed by atoms with van der Waals surface area (Å²) in [5.74, 6) is 0.0328. The van der Waals surface area contributed by atoms with E-state index in [-0.39, 0.29) is 18.3 Å². The number of aliphatic hydroxyl groups excluding tert-OH is 1. The van der Waals surface area contributed by atoms with Gasteiger partial charge < -0.3 is 14.9 Å². The van der Waals surface area contributed by atoms with E-state index in [1.807, 2.05) is 49.5 Å². The summed E-state index contributed by atoms with van der Waals surface area (Å²) >= 11 is 0. The highest BCUT2D eigenvalue weighted by molar-refractivity contribution is 5.70. The predicted octanol–water partition coefficient (Wildman–Crippen LogP) is 4.31. The van der Waals surface area contributed by atoms with Crippen molar-refractivity contribution in [2.75, 3.05) is 19.7 Å². The molecule has 1 fully saturated rings. The number of aliphatic hydroxyl groups is 2. The molecule has 182 valence electrons. The standard InChI is InChI=1S/C26H31F2N3O3/c1-26(33,17-32)21-9-6-12-31(16-21)15-20-11-10-19(13-24(20)34-25(27)28)22-14-23(30(2)29-22)18-7-4-3-5-8-18/h3-5,7-8,10-11,13-14,21,25,32-33H,6,9,12,15-17H2,1-2H3/t21-,26+/m0/s1. The van der Waals surface area contributed by atoms with Crippen LogP contribution >= 0.6 is 0 Å². The van der Waals surface area contributed by atoms with E-state index in [4.69, 9.17) is 4.74 Å². The van der Waals surface area contributed by atoms with Crippen LogP contribution in [0.15, 0.2) is 54.6 Å². The summed E-state index contributed by atoms with van der Waals surface area (Å²) in [7, 11) is 1.85. The molecule has 0 radical (unpaired) electrons. The maximum atomic E-state index is 13.3. The molecule has 1 saturated heterocycles. The van der Waals surface area contributed by atoms with Crippen LogP contribution in [0.4, 0.5) is 8.78 Å². The number of ether oxygens (including phenoxy) is 1. The minimum Gasteiger partial charge on any atom is -0.434 e. The number of alkyl halides is 2. The first-order chi connectivity index (χ1) is 16.3. The van der Waals surface area contributed by atoms with Gasteiger partial charge in [-0.3, -0.25) is 9.58 Å². The van der Waals surface area contributed by atoms with Crippen molar-refractivity contribution in [2.24, 2.45) is 13.0 Å². The number of aromatic nitrogens is 2. The van der Waals surface area contributed by atoms with Gasteiger partial charge in [-0.15, -0.1) is 0 Å². The molecule has 3 aromatic rings. The van der Waals surface area contributed by atoms with E-state index < -0.39 is 12.2 Å². The maximum absolute atomic E-state index is 13.3. The number of hydrogen-bond donors (Lipinski definition) is 2. The Kier molecular flexibility index (Phi) is 7.30. The normalized spacial score (nSPS) is 18.7. The average molecular weight is 472 g/mol. The van der Waals surface area contributed by atoms with Crippen LogP contribution in [0.25, 0.3) is 22.5 Å². The monoisotopic (exact) mass is 471 g/mol. The van der Waals surface area contributed by atoms with E-state index >= 15 is 0 Å². The third-order valence-electron chi connectivity index (χ3n) is 6.63. The Bertz CT molecular complexity index is 1100. The van der Waals surface area contributed by atoms with Crippen molar-refractivity contribution in [3.8, 4) is 28.3 Å². The molecule has 1 aliphatic rings. The number of rotatable bonds is 8. The second-order valence-electron chi connectivity index (χ2n) is 9.20. The van der Waals surface area contributed by atoms with Crippen molar-refractivity contribution in [3.63, 3.8) is 0 Å². The van der Waals surface area contributed by atoms with Crippen molar-refractivity contribution in [2.45, 2.75) is 38.5 Å². The molecule has 2 N–H and O–H groups in total. The molecule has 2 aromatic carbocycles. The Hall–Kier alpha value is -2.81. The van der Waals surface area contributed by atoms with Gasteiger partial charge in [0.1, 0.15) is 5.75 Å². The van der Waals surface area contributed by atoms with E-state index in [1.165, 1.54) is 0 Å². The highest BCUT2D eigenvalue weighted by atomic mass is 19.3. The zero-order valence-electron chi connectivity index (χ0n) is 19.5. The number of likely N-dealkylation sites (tertiary alicyclic amines) is 1. The number of nitrogens with zero attached hydrogens (tertiary/aromatic N) is 3. The Morgan fingerprint density at radius 1 is 1.15 bits per heavy atom. The lowest BCUT2D eigenvalue weighted by Crippen LogP contribution is -2.47. The van der Waals surface area contributed by atoms with Gasteiger partial charge in [0.25, 0.3) is 0 Å². The molecule has 2 atom stereocenters. The van der Waals surface area contributed by atoms with E-state index in [2.05, 4.69) is 10.00 Å². The molecule has 34 heavy (non-hydrogen) atoms. The highest BCUT2D eigenvalue weighted by Gasteiger charge is 2.34. The predicted molar refractivity (Wildman–Crippen MR) is 126 cm³/mol. The van der Waals surface area contributed by atoms with E-state index in [0.717, 1.165) is 30.6 Å². The minimum atomic E-state index is -2.94. The fourth-order valence-corrected chi connectivity index (χ4v) is 4.61. The smallest absolute Gasteiger partial charge is 0.387 e. The number of aryl methyl sites for hydroxylation is 1. The van der Waals surface area contributed by atoms with Crippen LogP contribution in [-0.4, -0.2) is 56.8 Å². The van der Waals surface area contributed by atoms with Gasteiger partial charge in [-0.25, -0.2) is 0 Å². The lowest BCUT2D eigenvalue weighted by atomic mass is 9.83. The van der Waals surface area contributed by atoms with Crippen LogP contribution in [0, 0.1) is 5.92 Å². The summed E-state index contributed by atoms with van der Waals surface area (Å²) < 4.78 is 33.2. The summed E-state index contributed by atoms with van der Waals surface area (Å²) in [6.07, 6.45) is 1.67. The minimum absolute atomic E-state index is 0.0880. The number of halogens is 2. The molecule has 1 aliphatic heterocycles. The van der Waals surface area contributed by atoms with Gasteiger partial charge >= 0.3 is 6.61 Å². The van der Waals surface area contributed by atoms with Gasteiger partial charge in [0, 0.05) is 37.2 Å². The van der Waals surface area contributed by atoms with Crippen LogP contribution in [0.2, 0.25) is 0 Å². The Morgan fingerprint density at radius 3 is 2.62 bits per heavy atom. The second-order valence-corrected chi connectivity index (χ2v) is 9.20. The van der Waals surface area contributed by atoms with Gasteiger partial charge in [-0.1, -0.05) is 42.5 Å². The van der Waals surface area contributed by atoms with Gasteiger partial charge in [0.2, 0.25) is 0 Å². The van der Waals surface area contributed by atoms with E-state index in [0.29, 0.717) is 29.9 Å². The Morgan fingerprint density at radius 2 is 1.91 bits per heavy atom. The molecular weight excluding hydrogens is 440 g/mol. The second kappa shape index (κ2) is 10.2. The van der Waals surface area contributed by atoms with Crippen LogP contribution in [0.1, 0.15) is 25.3 Å². The molecule has 0 amide bonds. The molecule has 2 heterocycles. The summed E-state index contributed by atoms with van der Waals surface area (Å²) in [6.45, 7) is 0.158. The number of benzene rings is 2. The summed E-state index contributed by atoms with van der Waals surface area (Å²) in [6, 6.07) is 17.1. The Balaban J connectivity index is 1.59. The van der Waals surface area contributed by atoms with Crippen molar-refractivity contribution < 1.29 is 23.7 Å². The van der Waals surface area contributed by atoms with Crippen LogP contribution in [0.3, 0.4) is 0 Å². The fraction of sp³-hybridized carbons (Fsp3) is 0.423. The third kappa shape index (κ3) is 5.46. The highest BCUT2D eigenvalue weighted by Crippen LogP contribution is 2.33. The van der Waals surface area contributed by atoms with Crippen molar-refractivity contribution >= 4 is 0 Å². The molecular formula is C26H31F2N3O3. The molecule has 0 aliphatic carbocycles. The molecule has 4 rings (SSSR count). The van der Waals surface area contributed by atoms with Crippen molar-refractivity contribution in [3.05, 3.63) is 60.2 Å². The first kappa shape index (κ1) is 24.3. The van der Waals surface area contributed by atoms with E-state index in [9.17, 15) is 19.0 Å². The lowest BCUT2D eigenvalue weighted by molar-refractivity contribution is -0.0702. The zero-order valence-corrected chi connectivity index (χ0v) is 19.5. The number of piperidine rings is 1. The van der Waals surface area contributed by atoms with Gasteiger partial charge in [-0.2, -0.15) is 13.9 Å². The quantitative estimate of drug-likeness (QED) is 0.512. The van der Waals surface area contributed by atoms with Gasteiger partial charge in [0.15, 0.2) is 0 Å². The Labute approximate surface area is 198 Å². The van der Waals surface area contributed by atoms with Crippen LogP contribution in [-0.2, 0) is 13.6 Å². The van der Waals surface area contributed by atoms with Gasteiger partial charge in [-0.05, 0) is 44.0 Å². The largest absolute Gasteiger partial charge is 0.434 e. The third-order valence-corrected chi connectivity index (χ3v) is 6.63. The molecule has 0 unspecified atom stereocenters. The fourth-order valence-electron chi connectivity index (χ4n) is 4.61. The zero-order chi connectivity index (χ0) is 24.3. The number of hydrogen-bond acceptors (Lipinski definition) is 5.